The molecule has 0 atom stereocenters. The van der Waals surface area contributed by atoms with E-state index in [-0.39, 0.29) is 0 Å². The first-order valence-electron chi connectivity index (χ1n) is 12.9. The van der Waals surface area contributed by atoms with Crippen molar-refractivity contribution in [3.8, 4) is 22.3 Å². The van der Waals surface area contributed by atoms with Crippen LogP contribution in [0.25, 0.3) is 22.3 Å². The van der Waals surface area contributed by atoms with E-state index in [0.717, 1.165) is 35.9 Å². The summed E-state index contributed by atoms with van der Waals surface area (Å²) in [6.07, 6.45) is 4.88. The maximum absolute atomic E-state index is 11.5. The molecule has 178 valence electrons. The smallest absolute Gasteiger partial charge is 0.129 e. The summed E-state index contributed by atoms with van der Waals surface area (Å²) in [5.74, 6) is 0.546. The van der Waals surface area contributed by atoms with Gasteiger partial charge in [0, 0.05) is 11.6 Å². The molecule has 0 heterocycles. The number of aliphatic imine (C=N–C) groups is 1. The molecule has 6 rings (SSSR count). The number of hydrogen-bond acceptors (Lipinski definition) is 2. The highest BCUT2D eigenvalue weighted by molar-refractivity contribution is 5.87. The quantitative estimate of drug-likeness (QED) is 0.185. The lowest BCUT2D eigenvalue weighted by atomic mass is 9.84. The van der Waals surface area contributed by atoms with Crippen molar-refractivity contribution in [1.82, 2.24) is 0 Å². The van der Waals surface area contributed by atoms with E-state index in [1.165, 1.54) is 50.1 Å². The predicted octanol–water partition coefficient (Wildman–Crippen LogP) is 8.18. The first-order chi connectivity index (χ1) is 17.3. The molecule has 2 aliphatic carbocycles. The normalized spacial score (nSPS) is 13.6. The third-order valence-corrected chi connectivity index (χ3v) is 7.86. The summed E-state index contributed by atoms with van der Waals surface area (Å²) in [4.78, 5) is 16.4. The molecule has 0 aliphatic heterocycles. The van der Waals surface area contributed by atoms with E-state index < -0.39 is 5.41 Å². The van der Waals surface area contributed by atoms with Gasteiger partial charge in [-0.1, -0.05) is 68.4 Å². The number of aldehydes is 1. The molecule has 0 spiro atoms. The van der Waals surface area contributed by atoms with Crippen molar-refractivity contribution in [2.75, 3.05) is 0 Å². The van der Waals surface area contributed by atoms with Crippen LogP contribution in [0.2, 0.25) is 0 Å². The molecule has 36 heavy (non-hydrogen) atoms. The van der Waals surface area contributed by atoms with Crippen molar-refractivity contribution in [3.63, 3.8) is 0 Å². The van der Waals surface area contributed by atoms with E-state index >= 15 is 0 Å². The number of benzene rings is 4. The predicted molar refractivity (Wildman–Crippen MR) is 150 cm³/mol. The highest BCUT2D eigenvalue weighted by Gasteiger charge is 2.24. The minimum Gasteiger partial charge on any atom is -0.302 e. The van der Waals surface area contributed by atoms with Crippen LogP contribution in [0, 0.1) is 0 Å². The molecule has 2 aliphatic rings. The van der Waals surface area contributed by atoms with Gasteiger partial charge in [0.25, 0.3) is 0 Å². The lowest BCUT2D eigenvalue weighted by molar-refractivity contribution is -0.111. The lowest BCUT2D eigenvalue weighted by Crippen LogP contribution is -2.18. The van der Waals surface area contributed by atoms with Crippen molar-refractivity contribution >= 4 is 18.2 Å². The summed E-state index contributed by atoms with van der Waals surface area (Å²) in [6, 6.07) is 26.6. The number of carbonyl (C=O) groups excluding carboxylic acids is 1. The molecule has 0 aromatic heterocycles. The van der Waals surface area contributed by atoms with E-state index in [4.69, 9.17) is 4.99 Å². The summed E-state index contributed by atoms with van der Waals surface area (Å²) in [7, 11) is 0. The standard InChI is InChI=1S/C34H31NO/c1-21(2)23-6-10-31-25(14-23)16-27-18-29(8-12-33(27)31)35-19-22-5-9-30-24(13-22)15-26-17-28(7-11-32(26)30)34(3,4)20-36/h5-14,17-21H,15-16H2,1-4H3. The SMILES string of the molecule is CC(C)c1ccc2c(c1)Cc1cc(N=Cc3ccc4c(c3)Cc3cc(C(C)(C)C=O)ccc3-4)ccc1-2. The fourth-order valence-electron chi connectivity index (χ4n) is 5.59. The Morgan fingerprint density at radius 2 is 1.31 bits per heavy atom. The molecular formula is C34H31NO. The zero-order chi connectivity index (χ0) is 25.0. The Morgan fingerprint density at radius 3 is 2.00 bits per heavy atom. The van der Waals surface area contributed by atoms with Crippen molar-refractivity contribution in [2.45, 2.75) is 51.9 Å². The monoisotopic (exact) mass is 469 g/mol. The minimum absolute atomic E-state index is 0.463. The van der Waals surface area contributed by atoms with Crippen LogP contribution in [0.4, 0.5) is 5.69 Å². The number of hydrogen-bond donors (Lipinski definition) is 0. The largest absolute Gasteiger partial charge is 0.302 e. The van der Waals surface area contributed by atoms with Crippen LogP contribution < -0.4 is 0 Å². The molecule has 0 unspecified atom stereocenters. The number of fused-ring (bicyclic) bond motifs is 6. The van der Waals surface area contributed by atoms with E-state index in [1.807, 2.05) is 20.1 Å². The molecule has 0 bridgehead atoms. The van der Waals surface area contributed by atoms with Gasteiger partial charge < -0.3 is 4.79 Å². The van der Waals surface area contributed by atoms with Crippen LogP contribution >= 0.6 is 0 Å². The van der Waals surface area contributed by atoms with Crippen LogP contribution in [-0.4, -0.2) is 12.5 Å². The van der Waals surface area contributed by atoms with Crippen LogP contribution in [0.15, 0.2) is 77.8 Å². The van der Waals surface area contributed by atoms with Crippen molar-refractivity contribution < 1.29 is 4.79 Å². The van der Waals surface area contributed by atoms with E-state index in [9.17, 15) is 4.79 Å². The molecular weight excluding hydrogens is 438 g/mol. The summed E-state index contributed by atoms with van der Waals surface area (Å²) >= 11 is 0. The van der Waals surface area contributed by atoms with Crippen molar-refractivity contribution in [3.05, 3.63) is 112 Å². The van der Waals surface area contributed by atoms with E-state index in [2.05, 4.69) is 86.6 Å². The first kappa shape index (κ1) is 22.7. The Morgan fingerprint density at radius 1 is 0.722 bits per heavy atom. The molecule has 2 heteroatoms. The molecule has 0 radical (unpaired) electrons. The molecule has 0 N–H and O–H groups in total. The van der Waals surface area contributed by atoms with Crippen LogP contribution in [0.5, 0.6) is 0 Å². The minimum atomic E-state index is -0.463. The van der Waals surface area contributed by atoms with Crippen LogP contribution in [0.1, 0.15) is 72.6 Å². The molecule has 0 amide bonds. The summed E-state index contributed by atoms with van der Waals surface area (Å²) in [5.41, 5.74) is 14.8. The Labute approximate surface area is 213 Å². The molecule has 0 saturated carbocycles. The Kier molecular flexibility index (Phi) is 5.30. The third kappa shape index (κ3) is 3.82. The second-order valence-corrected chi connectivity index (χ2v) is 11.2. The van der Waals surface area contributed by atoms with Gasteiger partial charge in [0.15, 0.2) is 0 Å². The second-order valence-electron chi connectivity index (χ2n) is 11.2. The average molecular weight is 470 g/mol. The highest BCUT2D eigenvalue weighted by Crippen LogP contribution is 2.40. The maximum atomic E-state index is 11.5. The van der Waals surface area contributed by atoms with Gasteiger partial charge in [0.1, 0.15) is 6.29 Å². The average Bonchev–Trinajstić information content (AvgIpc) is 3.43. The van der Waals surface area contributed by atoms with Crippen LogP contribution in [-0.2, 0) is 23.1 Å². The van der Waals surface area contributed by atoms with Gasteiger partial charge in [-0.3, -0.25) is 4.99 Å². The molecule has 0 fully saturated rings. The number of nitrogens with zero attached hydrogens (tertiary/aromatic N) is 1. The van der Waals surface area contributed by atoms with Gasteiger partial charge in [-0.2, -0.15) is 0 Å². The highest BCUT2D eigenvalue weighted by atomic mass is 16.1. The lowest BCUT2D eigenvalue weighted by Gasteiger charge is -2.18. The summed E-state index contributed by atoms with van der Waals surface area (Å²) in [5, 5.41) is 0. The van der Waals surface area contributed by atoms with Gasteiger partial charge >= 0.3 is 0 Å². The topological polar surface area (TPSA) is 29.4 Å². The summed E-state index contributed by atoms with van der Waals surface area (Å²) in [6.45, 7) is 8.44. The van der Waals surface area contributed by atoms with E-state index in [0.29, 0.717) is 5.92 Å². The van der Waals surface area contributed by atoms with Gasteiger partial charge in [-0.15, -0.1) is 0 Å². The molecule has 0 saturated heterocycles. The van der Waals surface area contributed by atoms with Crippen molar-refractivity contribution in [2.24, 2.45) is 4.99 Å². The van der Waals surface area contributed by atoms with Gasteiger partial charge in [0.2, 0.25) is 0 Å². The number of rotatable bonds is 5. The Balaban J connectivity index is 1.23. The maximum Gasteiger partial charge on any atom is 0.129 e. The second kappa shape index (κ2) is 8.41. The zero-order valence-corrected chi connectivity index (χ0v) is 21.4. The van der Waals surface area contributed by atoms with Crippen molar-refractivity contribution in [1.29, 1.82) is 0 Å². The van der Waals surface area contributed by atoms with Gasteiger partial charge in [-0.05, 0) is 112 Å². The molecule has 2 nitrogen and oxygen atoms in total. The Hall–Kier alpha value is -3.78. The number of carbonyl (C=O) groups is 1. The fourth-order valence-corrected chi connectivity index (χ4v) is 5.59. The van der Waals surface area contributed by atoms with Gasteiger partial charge in [-0.25, -0.2) is 0 Å². The fraction of sp³-hybridized carbons (Fsp3) is 0.235. The first-order valence-corrected chi connectivity index (χ1v) is 12.9. The van der Waals surface area contributed by atoms with Crippen LogP contribution in [0.3, 0.4) is 0 Å². The zero-order valence-electron chi connectivity index (χ0n) is 21.4. The van der Waals surface area contributed by atoms with Gasteiger partial charge in [0.05, 0.1) is 5.69 Å². The van der Waals surface area contributed by atoms with E-state index in [1.54, 1.807) is 0 Å². The third-order valence-electron chi connectivity index (χ3n) is 7.86. The Bertz CT molecular complexity index is 1550. The summed E-state index contributed by atoms with van der Waals surface area (Å²) < 4.78 is 0. The molecule has 4 aromatic rings. The molecule has 4 aromatic carbocycles.